The number of rotatable bonds is 21. The molecule has 6 amide bonds. The Morgan fingerprint density at radius 1 is 0.861 bits per heavy atom. The summed E-state index contributed by atoms with van der Waals surface area (Å²) in [7, 11) is 1.55. The molecule has 1 aliphatic carbocycles. The van der Waals surface area contributed by atoms with Crippen LogP contribution >= 0.6 is 46.6 Å². The van der Waals surface area contributed by atoms with Gasteiger partial charge in [0.2, 0.25) is 17.7 Å². The number of ether oxygens (including phenoxy) is 1. The van der Waals surface area contributed by atoms with E-state index in [0.717, 1.165) is 66.8 Å². The quantitative estimate of drug-likeness (QED) is 0.0580. The van der Waals surface area contributed by atoms with Gasteiger partial charge in [0.15, 0.2) is 10.6 Å². The lowest BCUT2D eigenvalue weighted by atomic mass is 9.79. The van der Waals surface area contributed by atoms with Crippen LogP contribution in [0.3, 0.4) is 0 Å². The van der Waals surface area contributed by atoms with Crippen molar-refractivity contribution < 1.29 is 33.5 Å². The zero-order chi connectivity index (χ0) is 56.4. The fraction of sp³-hybridized carbons (Fsp3) is 0.441. The Labute approximate surface area is 481 Å². The molecule has 16 nitrogen and oxygen atoms in total. The zero-order valence-corrected chi connectivity index (χ0v) is 49.4. The Morgan fingerprint density at radius 3 is 2.18 bits per heavy atom. The molecule has 0 spiro atoms. The summed E-state index contributed by atoms with van der Waals surface area (Å²) in [6.45, 7) is 22.5. The van der Waals surface area contributed by atoms with E-state index in [9.17, 15) is 28.8 Å². The first-order chi connectivity index (χ1) is 37.9. The van der Waals surface area contributed by atoms with Gasteiger partial charge in [-0.05, 0) is 135 Å². The van der Waals surface area contributed by atoms with E-state index in [1.165, 1.54) is 35.3 Å². The molecule has 8 rings (SSSR count). The molecule has 1 saturated carbocycles. The number of methoxy groups -OCH3 is 1. The van der Waals surface area contributed by atoms with Crippen LogP contribution in [0.25, 0.3) is 0 Å². The van der Waals surface area contributed by atoms with Gasteiger partial charge in [-0.25, -0.2) is 4.98 Å². The number of nitrogens with one attached hydrogen (secondary N) is 4. The molecule has 420 valence electrons. The number of amides is 6. The first-order valence-corrected chi connectivity index (χ1v) is 30.5. The molecule has 3 aliphatic heterocycles. The predicted molar refractivity (Wildman–Crippen MR) is 317 cm³/mol. The maximum Gasteiger partial charge on any atom is 0.257 e. The molecule has 1 aromatic heterocycles. The number of anilines is 1. The van der Waals surface area contributed by atoms with E-state index in [-0.39, 0.29) is 58.3 Å². The summed E-state index contributed by atoms with van der Waals surface area (Å²) in [5.41, 5.74) is 6.33. The Kier molecular flexibility index (Phi) is 20.1. The number of aromatic nitrogens is 1. The van der Waals surface area contributed by atoms with E-state index < -0.39 is 0 Å². The maximum atomic E-state index is 14.4. The first-order valence-electron chi connectivity index (χ1n) is 27.0. The first kappa shape index (κ1) is 59.1. The molecular formula is C59H73N9O7S4. The van der Waals surface area contributed by atoms with Gasteiger partial charge < -0.3 is 40.3 Å². The summed E-state index contributed by atoms with van der Waals surface area (Å²) in [4.78, 5) is 91.7. The normalized spacial score (nSPS) is 17.2. The van der Waals surface area contributed by atoms with Crippen LogP contribution in [0.4, 0.5) is 5.13 Å². The largest absolute Gasteiger partial charge is 0.496 e. The molecule has 79 heavy (non-hydrogen) atoms. The molecule has 0 radical (unpaired) electrons. The molecule has 3 fully saturated rings. The van der Waals surface area contributed by atoms with Gasteiger partial charge in [-0.15, -0.1) is 11.8 Å². The number of nitrogens with zero attached hydrogens (tertiary/aromatic N) is 5. The number of carbonyl (C=O) groups is 6. The van der Waals surface area contributed by atoms with Gasteiger partial charge in [-0.2, -0.15) is 0 Å². The number of hydrogen-bond donors (Lipinski definition) is 4. The van der Waals surface area contributed by atoms with E-state index in [1.54, 1.807) is 57.6 Å². The standard InChI is InChI=1S/C59H73N9O7S4/c1-9-49(69)65-20-12-22-67(26-24-65)55(73)45-31-41(36-76-51-34-61-57(78-51)63-53(71)42-16-17-42)30-43(38(45)4)18-19-59(6,7)39(5)60-33-40-14-11-15-44(29-40)54(72)64-58-62-35-52(79-58)77-48-32-46(47(75-8)28-37(48)3)56(74)68-23-13-21-66(25-27-68)50(70)10-2/h9-11,14-15,28-32,34-35,39,42,57,60-61H,1-2,12-13,16-27,33,36H2,3-8H3,(H,63,71)(H,62,64,72)/t39-,57?/m1/s1. The fourth-order valence-electron chi connectivity index (χ4n) is 9.70. The maximum absolute atomic E-state index is 14.4. The van der Waals surface area contributed by atoms with Crippen molar-refractivity contribution >= 4 is 87.2 Å². The third kappa shape index (κ3) is 15.4. The lowest BCUT2D eigenvalue weighted by molar-refractivity contribution is -0.126. The third-order valence-corrected chi connectivity index (χ3v) is 19.7. The van der Waals surface area contributed by atoms with Gasteiger partial charge in [-0.3, -0.25) is 34.1 Å². The summed E-state index contributed by atoms with van der Waals surface area (Å²) in [6.07, 6.45) is 11.2. The van der Waals surface area contributed by atoms with Crippen LogP contribution in [0.5, 0.6) is 5.75 Å². The number of carbonyl (C=O) groups excluding carboxylic acids is 6. The van der Waals surface area contributed by atoms with Crippen LogP contribution in [0.2, 0.25) is 0 Å². The zero-order valence-electron chi connectivity index (χ0n) is 46.1. The molecule has 1 unspecified atom stereocenters. The second-order valence-electron chi connectivity index (χ2n) is 21.1. The van der Waals surface area contributed by atoms with Gasteiger partial charge in [0.05, 0.1) is 27.3 Å². The molecule has 4 N–H and O–H groups in total. The van der Waals surface area contributed by atoms with Crippen molar-refractivity contribution in [3.05, 3.63) is 135 Å². The fourth-order valence-corrected chi connectivity index (χ4v) is 13.7. The summed E-state index contributed by atoms with van der Waals surface area (Å²) < 4.78 is 7.57. The minimum absolute atomic E-state index is 0.0232. The van der Waals surface area contributed by atoms with Crippen molar-refractivity contribution in [1.82, 2.24) is 40.5 Å². The van der Waals surface area contributed by atoms with E-state index in [2.05, 4.69) is 66.2 Å². The Bertz CT molecular complexity index is 2990. The van der Waals surface area contributed by atoms with Crippen molar-refractivity contribution in [2.45, 2.75) is 106 Å². The highest BCUT2D eigenvalue weighted by Gasteiger charge is 2.33. The molecule has 3 aromatic carbocycles. The smallest absolute Gasteiger partial charge is 0.257 e. The van der Waals surface area contributed by atoms with Gasteiger partial charge >= 0.3 is 0 Å². The highest BCUT2D eigenvalue weighted by atomic mass is 32.2. The van der Waals surface area contributed by atoms with Gasteiger partial charge in [0, 0.05) is 98.8 Å². The van der Waals surface area contributed by atoms with E-state index in [1.807, 2.05) is 61.3 Å². The predicted octanol–water partition coefficient (Wildman–Crippen LogP) is 9.21. The van der Waals surface area contributed by atoms with E-state index in [0.29, 0.717) is 105 Å². The Morgan fingerprint density at radius 2 is 1.52 bits per heavy atom. The number of thiazole rings is 1. The number of benzene rings is 3. The average Bonchev–Trinajstić information content (AvgIpc) is 4.24. The van der Waals surface area contributed by atoms with E-state index in [4.69, 9.17) is 4.74 Å². The van der Waals surface area contributed by atoms with E-state index >= 15 is 0 Å². The molecule has 4 aliphatic rings. The molecule has 20 heteroatoms. The second-order valence-corrected chi connectivity index (χ2v) is 25.9. The lowest BCUT2D eigenvalue weighted by Crippen LogP contribution is -2.39. The van der Waals surface area contributed by atoms with Crippen LogP contribution in [0, 0.1) is 25.2 Å². The van der Waals surface area contributed by atoms with Crippen LogP contribution in [0.15, 0.2) is 99.6 Å². The Hall–Kier alpha value is -6.06. The van der Waals surface area contributed by atoms with Gasteiger partial charge in [0.25, 0.3) is 17.7 Å². The van der Waals surface area contributed by atoms with Crippen molar-refractivity contribution in [3.63, 3.8) is 0 Å². The second kappa shape index (κ2) is 26.9. The number of aryl methyl sites for hydroxylation is 2. The number of thioether (sulfide) groups is 2. The third-order valence-electron chi connectivity index (χ3n) is 15.2. The molecule has 4 heterocycles. The molecule has 2 saturated heterocycles. The summed E-state index contributed by atoms with van der Waals surface area (Å²) in [5, 5.41) is 13.5. The molecule has 2 atom stereocenters. The van der Waals surface area contributed by atoms with Crippen molar-refractivity contribution in [3.8, 4) is 5.75 Å². The topological polar surface area (TPSA) is 186 Å². The monoisotopic (exact) mass is 1150 g/mol. The lowest BCUT2D eigenvalue weighted by Gasteiger charge is -2.33. The average molecular weight is 1150 g/mol. The van der Waals surface area contributed by atoms with Crippen molar-refractivity contribution in [1.29, 1.82) is 0 Å². The summed E-state index contributed by atoms with van der Waals surface area (Å²) >= 11 is 6.10. The minimum atomic E-state index is -0.271. The Balaban J connectivity index is 0.873. The minimum Gasteiger partial charge on any atom is -0.496 e. The van der Waals surface area contributed by atoms with Crippen LogP contribution < -0.4 is 26.0 Å². The van der Waals surface area contributed by atoms with Gasteiger partial charge in [0.1, 0.15) is 5.75 Å². The number of hydrogen-bond acceptors (Lipinski definition) is 14. The molecular weight excluding hydrogens is 1070 g/mol. The van der Waals surface area contributed by atoms with Crippen LogP contribution in [-0.2, 0) is 33.1 Å². The highest BCUT2D eigenvalue weighted by molar-refractivity contribution is 8.22. The van der Waals surface area contributed by atoms with Crippen molar-refractivity contribution in [2.75, 3.05) is 64.8 Å². The van der Waals surface area contributed by atoms with Gasteiger partial charge in [-0.1, -0.05) is 80.1 Å². The molecule has 0 bridgehead atoms. The summed E-state index contributed by atoms with van der Waals surface area (Å²) in [6, 6.07) is 15.7. The SMILES string of the molecule is C=CC(=O)N1CCCN(C(=O)c2cc(Sc3cnc(NC(=O)c4cccc(CN[C@H](C)C(C)(C)CCc5cc(CSC6=CNC(NC(=O)C7CC7)S6)cc(C(=O)N6CCCN(C(=O)C=C)CC6)c5C)c4)s3)c(C)cc2OC)CC1. The highest BCUT2D eigenvalue weighted by Crippen LogP contribution is 2.40. The summed E-state index contributed by atoms with van der Waals surface area (Å²) in [5.74, 6) is 0.651. The van der Waals surface area contributed by atoms with Crippen LogP contribution in [-0.4, -0.2) is 131 Å². The molecule has 4 aromatic rings. The van der Waals surface area contributed by atoms with Crippen LogP contribution in [0.1, 0.15) is 112 Å². The van der Waals surface area contributed by atoms with Crippen molar-refractivity contribution in [2.24, 2.45) is 11.3 Å².